The zero-order valence-electron chi connectivity index (χ0n) is 14.8. The molecule has 1 amide bonds. The molecule has 2 heterocycles. The number of alkyl halides is 3. The lowest BCUT2D eigenvalue weighted by Crippen LogP contribution is -2.43. The van der Waals surface area contributed by atoms with E-state index in [1.165, 1.54) is 17.4 Å². The fourth-order valence-electron chi connectivity index (χ4n) is 3.15. The summed E-state index contributed by atoms with van der Waals surface area (Å²) >= 11 is 1.52. The topological polar surface area (TPSA) is 66.5 Å². The quantitative estimate of drug-likeness (QED) is 0.787. The van der Waals surface area contributed by atoms with Gasteiger partial charge in [-0.05, 0) is 36.4 Å². The molecule has 0 saturated carbocycles. The summed E-state index contributed by atoms with van der Waals surface area (Å²) in [5, 5.41) is 4.73. The molecule has 0 radical (unpaired) electrons. The molecule has 1 aromatic heterocycles. The predicted octanol–water partition coefficient (Wildman–Crippen LogP) is 3.48. The zero-order valence-corrected chi connectivity index (χ0v) is 16.4. The summed E-state index contributed by atoms with van der Waals surface area (Å²) in [6.07, 6.45) is -4.23. The molecule has 3 rings (SSSR count). The molecule has 2 aromatic rings. The first-order chi connectivity index (χ1) is 13.2. The molecular formula is C18H19F3N2O3S2. The number of amides is 1. The molecule has 0 spiro atoms. The Labute approximate surface area is 165 Å². The Balaban J connectivity index is 1.65. The molecule has 0 unspecified atom stereocenters. The van der Waals surface area contributed by atoms with E-state index in [0.717, 1.165) is 27.4 Å². The molecule has 1 aliphatic heterocycles. The van der Waals surface area contributed by atoms with Crippen molar-refractivity contribution in [2.75, 3.05) is 13.1 Å². The van der Waals surface area contributed by atoms with Crippen LogP contribution >= 0.6 is 11.3 Å². The summed E-state index contributed by atoms with van der Waals surface area (Å²) in [4.78, 5) is 12.5. The van der Waals surface area contributed by atoms with Crippen molar-refractivity contribution in [1.82, 2.24) is 9.62 Å². The summed E-state index contributed by atoms with van der Waals surface area (Å²) in [5.41, 5.74) is -1.18. The maximum absolute atomic E-state index is 13.2. The lowest BCUT2D eigenvalue weighted by atomic mass is 9.97. The molecule has 1 saturated heterocycles. The zero-order chi connectivity index (χ0) is 20.4. The fraction of sp³-hybridized carbons (Fsp3) is 0.389. The van der Waals surface area contributed by atoms with Crippen molar-refractivity contribution in [3.63, 3.8) is 0 Å². The summed E-state index contributed by atoms with van der Waals surface area (Å²) in [5.74, 6) is -0.523. The van der Waals surface area contributed by atoms with E-state index in [9.17, 15) is 26.4 Å². The highest BCUT2D eigenvalue weighted by atomic mass is 32.2. The third-order valence-electron chi connectivity index (χ3n) is 4.65. The number of thiophene rings is 1. The first kappa shape index (κ1) is 20.8. The summed E-state index contributed by atoms with van der Waals surface area (Å²) in [6, 6.07) is 7.95. The number of carbonyl (C=O) groups is 1. The Morgan fingerprint density at radius 3 is 2.43 bits per heavy atom. The van der Waals surface area contributed by atoms with E-state index in [4.69, 9.17) is 0 Å². The van der Waals surface area contributed by atoms with Crippen LogP contribution in [0.1, 0.15) is 23.3 Å². The number of benzene rings is 1. The van der Waals surface area contributed by atoms with Crippen LogP contribution in [0, 0.1) is 5.92 Å². The lowest BCUT2D eigenvalue weighted by Gasteiger charge is -2.31. The van der Waals surface area contributed by atoms with Gasteiger partial charge in [0.2, 0.25) is 15.9 Å². The molecule has 1 aliphatic rings. The Morgan fingerprint density at radius 1 is 1.14 bits per heavy atom. The van der Waals surface area contributed by atoms with Crippen LogP contribution in [0.15, 0.2) is 46.7 Å². The molecule has 0 atom stereocenters. The van der Waals surface area contributed by atoms with Crippen LogP contribution in [0.2, 0.25) is 0 Å². The van der Waals surface area contributed by atoms with Gasteiger partial charge in [0.1, 0.15) is 0 Å². The Kier molecular flexibility index (Phi) is 6.11. The van der Waals surface area contributed by atoms with E-state index in [-0.39, 0.29) is 37.8 Å². The number of halogens is 3. The van der Waals surface area contributed by atoms with Gasteiger partial charge in [-0.1, -0.05) is 18.2 Å². The monoisotopic (exact) mass is 432 g/mol. The molecule has 5 nitrogen and oxygen atoms in total. The third-order valence-corrected chi connectivity index (χ3v) is 7.49. The summed E-state index contributed by atoms with van der Waals surface area (Å²) in [6.45, 7) is 0.422. The van der Waals surface area contributed by atoms with Gasteiger partial charge in [-0.2, -0.15) is 17.5 Å². The highest BCUT2D eigenvalue weighted by Crippen LogP contribution is 2.36. The minimum Gasteiger partial charge on any atom is -0.351 e. The van der Waals surface area contributed by atoms with Gasteiger partial charge in [-0.3, -0.25) is 4.79 Å². The molecule has 0 bridgehead atoms. The largest absolute Gasteiger partial charge is 0.417 e. The maximum Gasteiger partial charge on any atom is 0.417 e. The molecule has 1 aromatic carbocycles. The number of carbonyl (C=O) groups excluding carboxylic acids is 1. The van der Waals surface area contributed by atoms with Crippen molar-refractivity contribution < 1.29 is 26.4 Å². The second-order valence-corrected chi connectivity index (χ2v) is 9.41. The normalized spacial score (nSPS) is 16.8. The van der Waals surface area contributed by atoms with Crippen LogP contribution in [-0.4, -0.2) is 31.7 Å². The standard InChI is InChI=1S/C18H19F3N2O3S2/c19-18(20,21)15-5-1-2-6-16(15)28(25,26)23-9-7-13(8-10-23)17(24)22-12-14-4-3-11-27-14/h1-6,11,13H,7-10,12H2,(H,22,24). The van der Waals surface area contributed by atoms with Crippen LogP contribution in [0.5, 0.6) is 0 Å². The summed E-state index contributed by atoms with van der Waals surface area (Å²) in [7, 11) is -4.29. The molecular weight excluding hydrogens is 413 g/mol. The molecule has 28 heavy (non-hydrogen) atoms. The van der Waals surface area contributed by atoms with Crippen molar-refractivity contribution in [3.8, 4) is 0 Å². The van der Waals surface area contributed by atoms with E-state index in [2.05, 4.69) is 5.32 Å². The molecule has 0 aliphatic carbocycles. The minimum absolute atomic E-state index is 0.00557. The van der Waals surface area contributed by atoms with Crippen molar-refractivity contribution in [1.29, 1.82) is 0 Å². The SMILES string of the molecule is O=C(NCc1cccs1)C1CCN(S(=O)(=O)c2ccccc2C(F)(F)F)CC1. The van der Waals surface area contributed by atoms with Gasteiger partial charge in [0, 0.05) is 23.9 Å². The summed E-state index contributed by atoms with van der Waals surface area (Å²) < 4.78 is 66.0. The van der Waals surface area contributed by atoms with Crippen LogP contribution in [0.25, 0.3) is 0 Å². The van der Waals surface area contributed by atoms with Gasteiger partial charge >= 0.3 is 6.18 Å². The highest BCUT2D eigenvalue weighted by Gasteiger charge is 2.40. The smallest absolute Gasteiger partial charge is 0.351 e. The molecule has 1 fully saturated rings. The van der Waals surface area contributed by atoms with Crippen molar-refractivity contribution in [2.45, 2.75) is 30.5 Å². The Bertz CT molecular complexity index is 920. The molecule has 1 N–H and O–H groups in total. The average Bonchev–Trinajstić information content (AvgIpc) is 3.19. The van der Waals surface area contributed by atoms with Crippen LogP contribution in [-0.2, 0) is 27.5 Å². The highest BCUT2D eigenvalue weighted by molar-refractivity contribution is 7.89. The lowest BCUT2D eigenvalue weighted by molar-refractivity contribution is -0.139. The van der Waals surface area contributed by atoms with Gasteiger partial charge in [0.05, 0.1) is 17.0 Å². The van der Waals surface area contributed by atoms with Gasteiger partial charge < -0.3 is 5.32 Å². The van der Waals surface area contributed by atoms with E-state index in [0.29, 0.717) is 6.54 Å². The second-order valence-electron chi connectivity index (χ2n) is 6.47. The van der Waals surface area contributed by atoms with Crippen LogP contribution < -0.4 is 5.32 Å². The van der Waals surface area contributed by atoms with Gasteiger partial charge in [-0.15, -0.1) is 11.3 Å². The van der Waals surface area contributed by atoms with Crippen LogP contribution in [0.4, 0.5) is 13.2 Å². The molecule has 152 valence electrons. The van der Waals surface area contributed by atoms with E-state index < -0.39 is 26.7 Å². The third kappa shape index (κ3) is 4.56. The van der Waals surface area contributed by atoms with Crippen molar-refractivity contribution in [3.05, 3.63) is 52.2 Å². The first-order valence-corrected chi connectivity index (χ1v) is 11.0. The van der Waals surface area contributed by atoms with E-state index >= 15 is 0 Å². The number of piperidine rings is 1. The Hall–Kier alpha value is -1.91. The van der Waals surface area contributed by atoms with Crippen molar-refractivity contribution >= 4 is 27.3 Å². The fourth-order valence-corrected chi connectivity index (χ4v) is 5.48. The predicted molar refractivity (Wildman–Crippen MR) is 99.1 cm³/mol. The van der Waals surface area contributed by atoms with E-state index in [1.807, 2.05) is 17.5 Å². The van der Waals surface area contributed by atoms with Crippen LogP contribution in [0.3, 0.4) is 0 Å². The second kappa shape index (κ2) is 8.22. The minimum atomic E-state index is -4.76. The number of rotatable bonds is 5. The average molecular weight is 432 g/mol. The van der Waals surface area contributed by atoms with Gasteiger partial charge in [-0.25, -0.2) is 8.42 Å². The maximum atomic E-state index is 13.2. The number of nitrogens with one attached hydrogen (secondary N) is 1. The Morgan fingerprint density at radius 2 is 1.82 bits per heavy atom. The van der Waals surface area contributed by atoms with Gasteiger partial charge in [0.25, 0.3) is 0 Å². The van der Waals surface area contributed by atoms with E-state index in [1.54, 1.807) is 0 Å². The number of sulfonamides is 1. The number of nitrogens with zero attached hydrogens (tertiary/aromatic N) is 1. The number of hydrogen-bond acceptors (Lipinski definition) is 4. The van der Waals surface area contributed by atoms with Crippen molar-refractivity contribution in [2.24, 2.45) is 5.92 Å². The van der Waals surface area contributed by atoms with Gasteiger partial charge in [0.15, 0.2) is 0 Å². The number of hydrogen-bond donors (Lipinski definition) is 1. The molecule has 10 heteroatoms. The first-order valence-electron chi connectivity index (χ1n) is 8.66.